The van der Waals surface area contributed by atoms with Crippen LogP contribution >= 0.6 is 0 Å². The Morgan fingerprint density at radius 2 is 1.66 bits per heavy atom. The third kappa shape index (κ3) is 3.16. The van der Waals surface area contributed by atoms with Crippen LogP contribution in [0.1, 0.15) is 86.0 Å². The lowest BCUT2D eigenvalue weighted by molar-refractivity contribution is -0.231. The quantitative estimate of drug-likeness (QED) is 0.388. The highest BCUT2D eigenvalue weighted by Gasteiger charge is 2.79. The molecule has 0 heterocycles. The highest BCUT2D eigenvalue weighted by molar-refractivity contribution is 7.93. The summed E-state index contributed by atoms with van der Waals surface area (Å²) in [4.78, 5) is 0. The molecule has 0 radical (unpaired) electrons. The molecule has 0 aromatic heterocycles. The fourth-order valence-electron chi connectivity index (χ4n) is 10.2. The van der Waals surface area contributed by atoms with Gasteiger partial charge in [-0.3, -0.25) is 0 Å². The smallest absolute Gasteiger partial charge is 0.164 e. The van der Waals surface area contributed by atoms with Crippen LogP contribution in [0.15, 0.2) is 0 Å². The van der Waals surface area contributed by atoms with E-state index in [2.05, 4.69) is 52.7 Å². The first-order valence-electron chi connectivity index (χ1n) is 14.2. The van der Waals surface area contributed by atoms with Gasteiger partial charge in [-0.15, -0.1) is 0 Å². The number of fused-ring (bicyclic) bond motifs is 10. The summed E-state index contributed by atoms with van der Waals surface area (Å²) in [6.07, 6.45) is 9.55. The lowest BCUT2D eigenvalue weighted by atomic mass is 9.42. The highest BCUT2D eigenvalue weighted by Crippen LogP contribution is 2.79. The van der Waals surface area contributed by atoms with E-state index in [0.717, 1.165) is 38.5 Å². The minimum atomic E-state index is -0.926. The van der Waals surface area contributed by atoms with Gasteiger partial charge in [-0.05, 0) is 107 Å². The molecule has 35 heavy (non-hydrogen) atoms. The van der Waals surface area contributed by atoms with Crippen molar-refractivity contribution in [3.63, 3.8) is 0 Å². The van der Waals surface area contributed by atoms with Crippen LogP contribution in [-0.4, -0.2) is 50.2 Å². The van der Waals surface area contributed by atoms with Crippen molar-refractivity contribution in [1.29, 1.82) is 0 Å². The predicted octanol–water partition coefficient (Wildman–Crippen LogP) is 4.32. The molecule has 6 saturated carbocycles. The molecule has 6 unspecified atom stereocenters. The first-order chi connectivity index (χ1) is 16.3. The Kier molecular flexibility index (Phi) is 5.48. The average Bonchev–Trinajstić information content (AvgIpc) is 3.52. The number of aliphatic hydroxyl groups is 3. The van der Waals surface area contributed by atoms with Crippen LogP contribution in [0.25, 0.3) is 0 Å². The van der Waals surface area contributed by atoms with E-state index in [9.17, 15) is 15.3 Å². The standard InChI is InChI=1S/C30H47O4S/c1-26(2,3)35(6)34-15-7-12-29(32)21-9-8-19(21)25-24-20-16-23(20)30(33)17-18(31)10-13-27(30,4)22(24)11-14-28(25,29)5/h18-25,31-33H,8-11,13-17H2,1-6H3/q+1/t18-,19+,20?,21-,22?,23?,24?,25?,27+,28-,29-,30+,35?/m0/s1. The van der Waals surface area contributed by atoms with Crippen LogP contribution in [-0.2, 0) is 15.4 Å². The van der Waals surface area contributed by atoms with E-state index in [0.29, 0.717) is 48.5 Å². The summed E-state index contributed by atoms with van der Waals surface area (Å²) in [5.74, 6) is 10.0. The second-order valence-electron chi connectivity index (χ2n) is 14.7. The predicted molar refractivity (Wildman–Crippen MR) is 140 cm³/mol. The second-order valence-corrected chi connectivity index (χ2v) is 17.0. The largest absolute Gasteiger partial charge is 0.393 e. The molecule has 4 nitrogen and oxygen atoms in total. The highest BCUT2D eigenvalue weighted by atomic mass is 32.2. The van der Waals surface area contributed by atoms with Gasteiger partial charge >= 0.3 is 0 Å². The van der Waals surface area contributed by atoms with Crippen LogP contribution in [0, 0.1) is 64.1 Å². The van der Waals surface area contributed by atoms with Gasteiger partial charge in [0.25, 0.3) is 0 Å². The van der Waals surface area contributed by atoms with Gasteiger partial charge in [0.15, 0.2) is 22.5 Å². The molecule has 13 atom stereocenters. The molecule has 0 aliphatic heterocycles. The van der Waals surface area contributed by atoms with Crippen molar-refractivity contribution in [2.24, 2.45) is 52.3 Å². The molecule has 6 fully saturated rings. The maximum Gasteiger partial charge on any atom is 0.164 e. The first kappa shape index (κ1) is 25.1. The van der Waals surface area contributed by atoms with Crippen molar-refractivity contribution in [2.45, 2.75) is 108 Å². The van der Waals surface area contributed by atoms with Gasteiger partial charge in [0, 0.05) is 17.8 Å². The number of aliphatic hydroxyl groups excluding tert-OH is 1. The summed E-state index contributed by atoms with van der Waals surface area (Å²) in [5, 5.41) is 34.8. The van der Waals surface area contributed by atoms with Gasteiger partial charge < -0.3 is 15.3 Å². The van der Waals surface area contributed by atoms with Gasteiger partial charge in [0.05, 0.1) is 11.7 Å². The Morgan fingerprint density at radius 3 is 2.31 bits per heavy atom. The maximum atomic E-state index is 12.3. The van der Waals surface area contributed by atoms with Crippen LogP contribution < -0.4 is 0 Å². The van der Waals surface area contributed by atoms with E-state index in [-0.39, 0.29) is 38.8 Å². The zero-order chi connectivity index (χ0) is 25.2. The van der Waals surface area contributed by atoms with Gasteiger partial charge in [-0.25, -0.2) is 0 Å². The van der Waals surface area contributed by atoms with Crippen LogP contribution in [0.5, 0.6) is 0 Å². The summed E-state index contributed by atoms with van der Waals surface area (Å²) in [6.45, 7) is 11.7. The van der Waals surface area contributed by atoms with Crippen molar-refractivity contribution < 1.29 is 19.5 Å². The first-order valence-corrected chi connectivity index (χ1v) is 15.8. The summed E-state index contributed by atoms with van der Waals surface area (Å²) in [7, 11) is 0. The van der Waals surface area contributed by atoms with Crippen LogP contribution in [0.4, 0.5) is 0 Å². The average molecular weight is 504 g/mol. The third-order valence-corrected chi connectivity index (χ3v) is 14.7. The van der Waals surface area contributed by atoms with Gasteiger partial charge in [0.1, 0.15) is 11.9 Å². The van der Waals surface area contributed by atoms with E-state index >= 15 is 0 Å². The lowest BCUT2D eigenvalue weighted by Gasteiger charge is -2.64. The van der Waals surface area contributed by atoms with Crippen LogP contribution in [0.2, 0.25) is 0 Å². The molecular weight excluding hydrogens is 456 g/mol. The molecule has 0 spiro atoms. The monoisotopic (exact) mass is 503 g/mol. The molecule has 196 valence electrons. The molecule has 6 aliphatic rings. The topological polar surface area (TPSA) is 69.9 Å². The zero-order valence-electron chi connectivity index (χ0n) is 22.6. The maximum absolute atomic E-state index is 12.3. The van der Waals surface area contributed by atoms with E-state index in [1.54, 1.807) is 0 Å². The molecule has 0 bridgehead atoms. The van der Waals surface area contributed by atoms with Crippen LogP contribution in [0.3, 0.4) is 0 Å². The van der Waals surface area contributed by atoms with Gasteiger partial charge in [0.2, 0.25) is 0 Å². The van der Waals surface area contributed by atoms with E-state index in [1.165, 1.54) is 6.42 Å². The Labute approximate surface area is 215 Å². The Bertz CT molecular complexity index is 950. The molecule has 0 amide bonds. The fourth-order valence-corrected chi connectivity index (χ4v) is 10.8. The molecule has 0 aromatic rings. The molecule has 0 aromatic carbocycles. The van der Waals surface area contributed by atoms with E-state index < -0.39 is 11.2 Å². The number of rotatable bonds is 2. The number of hydrogen-bond donors (Lipinski definition) is 3. The van der Waals surface area contributed by atoms with E-state index in [4.69, 9.17) is 4.18 Å². The Hall–Kier alpha value is -0.250. The third-order valence-electron chi connectivity index (χ3n) is 12.5. The van der Waals surface area contributed by atoms with Gasteiger partial charge in [-0.1, -0.05) is 25.7 Å². The normalized spacial score (nSPS) is 56.7. The van der Waals surface area contributed by atoms with Crippen molar-refractivity contribution in [1.82, 2.24) is 0 Å². The number of hydrogen-bond acceptors (Lipinski definition) is 4. The minimum absolute atomic E-state index is 0.107. The zero-order valence-corrected chi connectivity index (χ0v) is 23.5. The van der Waals surface area contributed by atoms with Crippen molar-refractivity contribution in [3.8, 4) is 11.8 Å². The summed E-state index contributed by atoms with van der Waals surface area (Å²) >= 11 is -0.170. The molecule has 6 rings (SSSR count). The summed E-state index contributed by atoms with van der Waals surface area (Å²) in [6, 6.07) is 0. The molecule has 5 heteroatoms. The molecule has 0 saturated heterocycles. The van der Waals surface area contributed by atoms with E-state index in [1.807, 2.05) is 0 Å². The second kappa shape index (κ2) is 7.66. The molecule has 3 N–H and O–H groups in total. The Balaban J connectivity index is 1.29. The van der Waals surface area contributed by atoms with Crippen molar-refractivity contribution in [3.05, 3.63) is 0 Å². The lowest BCUT2D eigenvalue weighted by Crippen LogP contribution is -2.65. The van der Waals surface area contributed by atoms with Crippen molar-refractivity contribution >= 4 is 11.2 Å². The minimum Gasteiger partial charge on any atom is -0.393 e. The fraction of sp³-hybridized carbons (Fsp3) is 0.933. The molecule has 6 aliphatic carbocycles. The SMILES string of the molecule is C[S+](OCC#C[C@]1(O)[C@H]2CC[C@H]2C2C3C4CC4[C@]4(O)C[C@@H](O)CC[C@]4(C)C3CC[C@@]21C)C(C)(C)C. The van der Waals surface area contributed by atoms with Crippen molar-refractivity contribution in [2.75, 3.05) is 12.9 Å². The Morgan fingerprint density at radius 1 is 0.943 bits per heavy atom. The molecular formula is C30H47O4S+. The van der Waals surface area contributed by atoms with Gasteiger partial charge in [-0.2, -0.15) is 4.18 Å². The summed E-state index contributed by atoms with van der Waals surface area (Å²) < 4.78 is 6.16. The summed E-state index contributed by atoms with van der Waals surface area (Å²) in [5.41, 5.74) is -1.93.